The predicted octanol–water partition coefficient (Wildman–Crippen LogP) is 6.14. The largest absolute Gasteiger partial charge is 0.466 e. The van der Waals surface area contributed by atoms with E-state index in [2.05, 4.69) is 0 Å². The smallest absolute Gasteiger partial charge is 0.416 e. The zero-order valence-corrected chi connectivity index (χ0v) is 19.0. The lowest BCUT2D eigenvalue weighted by Crippen LogP contribution is -2.47. The van der Waals surface area contributed by atoms with E-state index in [1.165, 1.54) is 4.90 Å². The highest BCUT2D eigenvalue weighted by Gasteiger charge is 2.39. The number of carbonyl (C=O) groups excluding carboxylic acids is 2. The van der Waals surface area contributed by atoms with Gasteiger partial charge in [0, 0.05) is 24.6 Å². The Morgan fingerprint density at radius 2 is 1.57 bits per heavy atom. The quantitative estimate of drug-likeness (QED) is 0.353. The van der Waals surface area contributed by atoms with Crippen molar-refractivity contribution in [3.8, 4) is 0 Å². The second kappa shape index (κ2) is 10.7. The van der Waals surface area contributed by atoms with Gasteiger partial charge in [-0.3, -0.25) is 9.59 Å². The van der Waals surface area contributed by atoms with E-state index in [4.69, 9.17) is 4.74 Å². The monoisotopic (exact) mass is 501 g/mol. The Morgan fingerprint density at radius 1 is 0.971 bits per heavy atom. The zero-order valence-electron chi connectivity index (χ0n) is 19.0. The fraction of sp³-hybridized carbons (Fsp3) is 0.440. The number of benzene rings is 2. The highest BCUT2D eigenvalue weighted by atomic mass is 19.4. The summed E-state index contributed by atoms with van der Waals surface area (Å²) in [4.78, 5) is 26.6. The fourth-order valence-corrected chi connectivity index (χ4v) is 4.37. The molecule has 1 fully saturated rings. The van der Waals surface area contributed by atoms with Crippen LogP contribution in [0.1, 0.15) is 53.2 Å². The van der Waals surface area contributed by atoms with Crippen molar-refractivity contribution in [3.05, 3.63) is 70.8 Å². The Morgan fingerprint density at radius 3 is 2.11 bits per heavy atom. The first-order valence-electron chi connectivity index (χ1n) is 11.2. The molecular formula is C25H25F6NO3. The molecule has 0 radical (unpaired) electrons. The number of carbonyl (C=O) groups is 2. The molecule has 2 aromatic carbocycles. The molecule has 35 heavy (non-hydrogen) atoms. The van der Waals surface area contributed by atoms with E-state index in [-0.39, 0.29) is 37.5 Å². The summed E-state index contributed by atoms with van der Waals surface area (Å²) in [6.45, 7) is 2.00. The number of alkyl halides is 6. The summed E-state index contributed by atoms with van der Waals surface area (Å²) in [7, 11) is 0. The Bertz CT molecular complexity index is 1000. The normalized spacial score (nSPS) is 18.9. The van der Waals surface area contributed by atoms with Gasteiger partial charge in [0.15, 0.2) is 0 Å². The molecule has 2 aromatic rings. The molecule has 10 heteroatoms. The van der Waals surface area contributed by atoms with Gasteiger partial charge in [-0.05, 0) is 55.9 Å². The summed E-state index contributed by atoms with van der Waals surface area (Å²) in [5.74, 6) is -1.42. The third-order valence-corrected chi connectivity index (χ3v) is 5.99. The third-order valence-electron chi connectivity index (χ3n) is 5.99. The van der Waals surface area contributed by atoms with Crippen molar-refractivity contribution in [2.24, 2.45) is 5.92 Å². The van der Waals surface area contributed by atoms with Crippen molar-refractivity contribution in [1.82, 2.24) is 4.90 Å². The molecule has 0 saturated carbocycles. The molecule has 0 aliphatic carbocycles. The summed E-state index contributed by atoms with van der Waals surface area (Å²) in [5.41, 5.74) is -2.89. The van der Waals surface area contributed by atoms with Crippen LogP contribution in [0.4, 0.5) is 26.3 Å². The van der Waals surface area contributed by atoms with Gasteiger partial charge in [0.2, 0.25) is 0 Å². The van der Waals surface area contributed by atoms with Gasteiger partial charge in [-0.15, -0.1) is 0 Å². The average molecular weight is 501 g/mol. The van der Waals surface area contributed by atoms with E-state index in [9.17, 15) is 35.9 Å². The van der Waals surface area contributed by atoms with Crippen molar-refractivity contribution in [3.63, 3.8) is 0 Å². The molecule has 190 valence electrons. The number of piperidine rings is 1. The molecular weight excluding hydrogens is 476 g/mol. The summed E-state index contributed by atoms with van der Waals surface area (Å²) >= 11 is 0. The Labute approximate surface area is 198 Å². The highest BCUT2D eigenvalue weighted by molar-refractivity contribution is 5.95. The maximum Gasteiger partial charge on any atom is 0.416 e. The third kappa shape index (κ3) is 6.99. The minimum Gasteiger partial charge on any atom is -0.466 e. The molecule has 1 heterocycles. The number of ether oxygens (including phenoxy) is 1. The molecule has 1 amide bonds. The van der Waals surface area contributed by atoms with Crippen LogP contribution in [0.25, 0.3) is 0 Å². The molecule has 0 spiro atoms. The van der Waals surface area contributed by atoms with Gasteiger partial charge < -0.3 is 9.64 Å². The minimum absolute atomic E-state index is 0.00378. The van der Waals surface area contributed by atoms with Crippen LogP contribution in [0.5, 0.6) is 0 Å². The standard InChI is InChI=1S/C25H25F6NO3/c1-2-35-22(33)12-17-8-9-32(21(11-17)10-16-6-4-3-5-7-16)23(34)18-13-19(24(26,27)28)15-20(14-18)25(29,30)31/h3-7,13-15,17,21H,2,8-12H2,1H3. The van der Waals surface area contributed by atoms with Crippen molar-refractivity contribution in [2.45, 2.75) is 51.0 Å². The highest BCUT2D eigenvalue weighted by Crippen LogP contribution is 2.37. The van der Waals surface area contributed by atoms with E-state index < -0.39 is 41.0 Å². The molecule has 4 nitrogen and oxygen atoms in total. The van der Waals surface area contributed by atoms with Crippen LogP contribution in [-0.2, 0) is 28.3 Å². The molecule has 0 N–H and O–H groups in total. The molecule has 0 aromatic heterocycles. The predicted molar refractivity (Wildman–Crippen MR) is 115 cm³/mol. The topological polar surface area (TPSA) is 46.6 Å². The summed E-state index contributed by atoms with van der Waals surface area (Å²) in [6.07, 6.45) is -8.88. The van der Waals surface area contributed by atoms with E-state index >= 15 is 0 Å². The number of esters is 1. The van der Waals surface area contributed by atoms with Gasteiger partial charge in [0.05, 0.1) is 17.7 Å². The number of halogens is 6. The Kier molecular flexibility index (Phi) is 8.12. The summed E-state index contributed by atoms with van der Waals surface area (Å²) in [6, 6.07) is 9.45. The zero-order chi connectivity index (χ0) is 25.8. The van der Waals surface area contributed by atoms with Crippen molar-refractivity contribution < 1.29 is 40.7 Å². The van der Waals surface area contributed by atoms with Crippen molar-refractivity contribution in [2.75, 3.05) is 13.2 Å². The molecule has 0 bridgehead atoms. The number of hydrogen-bond acceptors (Lipinski definition) is 3. The lowest BCUT2D eigenvalue weighted by molar-refractivity contribution is -0.145. The first-order valence-corrected chi connectivity index (χ1v) is 11.2. The summed E-state index contributed by atoms with van der Waals surface area (Å²) < 4.78 is 84.8. The van der Waals surface area contributed by atoms with Crippen LogP contribution in [-0.4, -0.2) is 36.0 Å². The second-order valence-corrected chi connectivity index (χ2v) is 8.54. The van der Waals surface area contributed by atoms with Gasteiger partial charge in [-0.1, -0.05) is 30.3 Å². The van der Waals surface area contributed by atoms with Crippen LogP contribution in [0, 0.1) is 5.92 Å². The first kappa shape index (κ1) is 26.6. The van der Waals surface area contributed by atoms with Gasteiger partial charge in [-0.25, -0.2) is 0 Å². The number of hydrogen-bond donors (Lipinski definition) is 0. The van der Waals surface area contributed by atoms with Gasteiger partial charge in [0.25, 0.3) is 5.91 Å². The molecule has 1 aliphatic rings. The van der Waals surface area contributed by atoms with Crippen LogP contribution in [0.3, 0.4) is 0 Å². The van der Waals surface area contributed by atoms with Gasteiger partial charge >= 0.3 is 18.3 Å². The number of nitrogens with zero attached hydrogens (tertiary/aromatic N) is 1. The number of amides is 1. The molecule has 3 rings (SSSR count). The molecule has 1 saturated heterocycles. The van der Waals surface area contributed by atoms with E-state index in [0.717, 1.165) is 5.56 Å². The van der Waals surface area contributed by atoms with Gasteiger partial charge in [0.1, 0.15) is 0 Å². The van der Waals surface area contributed by atoms with Crippen molar-refractivity contribution >= 4 is 11.9 Å². The van der Waals surface area contributed by atoms with E-state index in [1.54, 1.807) is 25.1 Å². The van der Waals surface area contributed by atoms with Gasteiger partial charge in [-0.2, -0.15) is 26.3 Å². The van der Waals surface area contributed by atoms with Crippen LogP contribution in [0.15, 0.2) is 48.5 Å². The minimum atomic E-state index is -5.05. The van der Waals surface area contributed by atoms with Crippen LogP contribution in [0.2, 0.25) is 0 Å². The maximum absolute atomic E-state index is 13.3. The SMILES string of the molecule is CCOC(=O)CC1CCN(C(=O)c2cc(C(F)(F)F)cc(C(F)(F)F)c2)C(Cc2ccccc2)C1. The summed E-state index contributed by atoms with van der Waals surface area (Å²) in [5, 5.41) is 0. The molecule has 1 aliphatic heterocycles. The lowest BCUT2D eigenvalue weighted by atomic mass is 9.85. The van der Waals surface area contributed by atoms with Crippen LogP contribution < -0.4 is 0 Å². The second-order valence-electron chi connectivity index (χ2n) is 8.54. The molecule has 2 atom stereocenters. The van der Waals surface area contributed by atoms with E-state index in [0.29, 0.717) is 31.4 Å². The van der Waals surface area contributed by atoms with E-state index in [1.807, 2.05) is 12.1 Å². The Balaban J connectivity index is 1.93. The fourth-order valence-electron chi connectivity index (χ4n) is 4.37. The number of likely N-dealkylation sites (tertiary alicyclic amines) is 1. The number of rotatable bonds is 6. The lowest BCUT2D eigenvalue weighted by Gasteiger charge is -2.40. The average Bonchev–Trinajstić information content (AvgIpc) is 2.78. The first-order chi connectivity index (χ1) is 16.4. The maximum atomic E-state index is 13.3. The van der Waals surface area contributed by atoms with Crippen LogP contribution >= 0.6 is 0 Å². The van der Waals surface area contributed by atoms with Crippen molar-refractivity contribution in [1.29, 1.82) is 0 Å². The molecule has 2 unspecified atom stereocenters. The Hall–Kier alpha value is -3.04.